The predicted octanol–water partition coefficient (Wildman–Crippen LogP) is 3.27. The Morgan fingerprint density at radius 2 is 2.06 bits per heavy atom. The molecule has 1 heterocycles. The maximum atomic E-state index is 11.3. The minimum absolute atomic E-state index is 0.165. The summed E-state index contributed by atoms with van der Waals surface area (Å²) in [6.07, 6.45) is 6.54. The standard InChI is InChI=1S/C15H18O2/c1-15(12-14(16)9-11-17-15)10-5-8-13-6-3-2-4-7-13/h2-4,6-7,9,11H,5,8,10,12H2,1H3. The van der Waals surface area contributed by atoms with Crippen molar-refractivity contribution in [2.75, 3.05) is 0 Å². The number of carbonyl (C=O) groups excluding carboxylic acids is 1. The van der Waals surface area contributed by atoms with Gasteiger partial charge >= 0.3 is 0 Å². The van der Waals surface area contributed by atoms with Gasteiger partial charge in [-0.1, -0.05) is 30.3 Å². The highest BCUT2D eigenvalue weighted by Gasteiger charge is 2.29. The molecular formula is C15H18O2. The summed E-state index contributed by atoms with van der Waals surface area (Å²) in [5.74, 6) is 0.165. The zero-order valence-corrected chi connectivity index (χ0v) is 10.2. The molecule has 1 aromatic rings. The van der Waals surface area contributed by atoms with Crippen molar-refractivity contribution in [1.82, 2.24) is 0 Å². The molecule has 0 spiro atoms. The van der Waals surface area contributed by atoms with Crippen molar-refractivity contribution in [2.45, 2.75) is 38.2 Å². The van der Waals surface area contributed by atoms with E-state index in [1.165, 1.54) is 17.9 Å². The monoisotopic (exact) mass is 230 g/mol. The molecule has 0 fully saturated rings. The Kier molecular flexibility index (Phi) is 3.62. The lowest BCUT2D eigenvalue weighted by atomic mass is 9.90. The summed E-state index contributed by atoms with van der Waals surface area (Å²) in [7, 11) is 0. The molecule has 0 N–H and O–H groups in total. The molecule has 0 aromatic heterocycles. The lowest BCUT2D eigenvalue weighted by Gasteiger charge is -2.30. The highest BCUT2D eigenvalue weighted by Crippen LogP contribution is 2.26. The normalized spacial score (nSPS) is 23.5. The van der Waals surface area contributed by atoms with Crippen LogP contribution < -0.4 is 0 Å². The summed E-state index contributed by atoms with van der Waals surface area (Å²) >= 11 is 0. The summed E-state index contributed by atoms with van der Waals surface area (Å²) in [5.41, 5.74) is 1.04. The third kappa shape index (κ3) is 3.45. The van der Waals surface area contributed by atoms with Crippen LogP contribution >= 0.6 is 0 Å². The van der Waals surface area contributed by atoms with Crippen LogP contribution in [-0.4, -0.2) is 11.4 Å². The summed E-state index contributed by atoms with van der Waals surface area (Å²) < 4.78 is 5.57. The fraction of sp³-hybridized carbons (Fsp3) is 0.400. The Morgan fingerprint density at radius 3 is 2.76 bits per heavy atom. The van der Waals surface area contributed by atoms with Gasteiger partial charge in [-0.3, -0.25) is 4.79 Å². The molecule has 2 nitrogen and oxygen atoms in total. The number of ketones is 1. The number of aryl methyl sites for hydroxylation is 1. The average molecular weight is 230 g/mol. The zero-order valence-electron chi connectivity index (χ0n) is 10.2. The molecule has 0 saturated heterocycles. The fourth-order valence-corrected chi connectivity index (χ4v) is 2.20. The van der Waals surface area contributed by atoms with Crippen LogP contribution in [0.5, 0.6) is 0 Å². The second-order valence-corrected chi connectivity index (χ2v) is 4.85. The summed E-state index contributed by atoms with van der Waals surface area (Å²) in [6.45, 7) is 2.01. The smallest absolute Gasteiger partial charge is 0.162 e. The number of hydrogen-bond acceptors (Lipinski definition) is 2. The molecule has 1 atom stereocenters. The van der Waals surface area contributed by atoms with Crippen molar-refractivity contribution in [1.29, 1.82) is 0 Å². The molecule has 0 bridgehead atoms. The van der Waals surface area contributed by atoms with Gasteiger partial charge in [0.05, 0.1) is 6.26 Å². The van der Waals surface area contributed by atoms with Crippen molar-refractivity contribution >= 4 is 5.78 Å². The van der Waals surface area contributed by atoms with Gasteiger partial charge in [-0.05, 0) is 31.7 Å². The first-order valence-electron chi connectivity index (χ1n) is 6.09. The number of hydrogen-bond donors (Lipinski definition) is 0. The molecular weight excluding hydrogens is 212 g/mol. The first-order chi connectivity index (χ1) is 8.18. The van der Waals surface area contributed by atoms with E-state index >= 15 is 0 Å². The molecule has 0 radical (unpaired) electrons. The number of rotatable bonds is 4. The molecule has 0 aliphatic carbocycles. The van der Waals surface area contributed by atoms with E-state index in [1.54, 1.807) is 0 Å². The van der Waals surface area contributed by atoms with Crippen LogP contribution in [-0.2, 0) is 16.0 Å². The topological polar surface area (TPSA) is 26.3 Å². The second kappa shape index (κ2) is 5.17. The maximum absolute atomic E-state index is 11.3. The molecule has 0 saturated carbocycles. The molecule has 2 rings (SSSR count). The van der Waals surface area contributed by atoms with E-state index in [4.69, 9.17) is 4.74 Å². The number of carbonyl (C=O) groups is 1. The lowest BCUT2D eigenvalue weighted by molar-refractivity contribution is -0.121. The van der Waals surface area contributed by atoms with Gasteiger partial charge in [-0.2, -0.15) is 0 Å². The quantitative estimate of drug-likeness (QED) is 0.793. The van der Waals surface area contributed by atoms with Crippen LogP contribution in [0.1, 0.15) is 31.7 Å². The van der Waals surface area contributed by atoms with Crippen molar-refractivity contribution in [3.05, 3.63) is 48.2 Å². The SMILES string of the molecule is CC1(CCCc2ccccc2)CC(=O)C=CO1. The van der Waals surface area contributed by atoms with Gasteiger partial charge < -0.3 is 4.74 Å². The number of ether oxygens (including phenoxy) is 1. The van der Waals surface area contributed by atoms with Crippen molar-refractivity contribution in [3.63, 3.8) is 0 Å². The summed E-state index contributed by atoms with van der Waals surface area (Å²) in [6, 6.07) is 10.4. The summed E-state index contributed by atoms with van der Waals surface area (Å²) in [4.78, 5) is 11.3. The third-order valence-electron chi connectivity index (χ3n) is 3.17. The van der Waals surface area contributed by atoms with E-state index in [0.717, 1.165) is 19.3 Å². The van der Waals surface area contributed by atoms with Gasteiger partial charge in [0, 0.05) is 12.5 Å². The summed E-state index contributed by atoms with van der Waals surface area (Å²) in [5, 5.41) is 0. The van der Waals surface area contributed by atoms with Crippen LogP contribution in [0.3, 0.4) is 0 Å². The predicted molar refractivity (Wildman–Crippen MR) is 67.6 cm³/mol. The lowest BCUT2D eigenvalue weighted by Crippen LogP contribution is -2.32. The Bertz CT molecular complexity index is 408. The van der Waals surface area contributed by atoms with Crippen LogP contribution in [0.4, 0.5) is 0 Å². The minimum Gasteiger partial charge on any atom is -0.495 e. The van der Waals surface area contributed by atoms with E-state index in [1.807, 2.05) is 13.0 Å². The molecule has 1 aliphatic heterocycles. The van der Waals surface area contributed by atoms with Crippen LogP contribution in [0.2, 0.25) is 0 Å². The zero-order chi connectivity index (χ0) is 12.1. The average Bonchev–Trinajstić information content (AvgIpc) is 2.30. The van der Waals surface area contributed by atoms with Crippen LogP contribution in [0.15, 0.2) is 42.7 Å². The first-order valence-corrected chi connectivity index (χ1v) is 6.09. The van der Waals surface area contributed by atoms with E-state index < -0.39 is 0 Å². The van der Waals surface area contributed by atoms with Crippen LogP contribution in [0.25, 0.3) is 0 Å². The fourth-order valence-electron chi connectivity index (χ4n) is 2.20. The molecule has 1 unspecified atom stereocenters. The van der Waals surface area contributed by atoms with Gasteiger partial charge in [0.1, 0.15) is 5.60 Å². The molecule has 0 amide bonds. The van der Waals surface area contributed by atoms with E-state index in [2.05, 4.69) is 24.3 Å². The maximum Gasteiger partial charge on any atom is 0.162 e. The van der Waals surface area contributed by atoms with Crippen LogP contribution in [0, 0.1) is 0 Å². The van der Waals surface area contributed by atoms with Gasteiger partial charge in [0.2, 0.25) is 0 Å². The van der Waals surface area contributed by atoms with E-state index in [0.29, 0.717) is 6.42 Å². The Balaban J connectivity index is 1.82. The Morgan fingerprint density at radius 1 is 1.29 bits per heavy atom. The number of allylic oxidation sites excluding steroid dienone is 1. The number of benzene rings is 1. The van der Waals surface area contributed by atoms with Gasteiger partial charge in [0.25, 0.3) is 0 Å². The van der Waals surface area contributed by atoms with E-state index in [-0.39, 0.29) is 11.4 Å². The van der Waals surface area contributed by atoms with Crippen molar-refractivity contribution < 1.29 is 9.53 Å². The first kappa shape index (κ1) is 11.9. The van der Waals surface area contributed by atoms with Crippen molar-refractivity contribution in [3.8, 4) is 0 Å². The molecule has 90 valence electrons. The Hall–Kier alpha value is -1.57. The minimum atomic E-state index is -0.305. The highest BCUT2D eigenvalue weighted by molar-refractivity contribution is 5.90. The molecule has 17 heavy (non-hydrogen) atoms. The molecule has 1 aromatic carbocycles. The largest absolute Gasteiger partial charge is 0.495 e. The molecule has 1 aliphatic rings. The van der Waals surface area contributed by atoms with E-state index in [9.17, 15) is 4.79 Å². The van der Waals surface area contributed by atoms with Gasteiger partial charge in [0.15, 0.2) is 5.78 Å². The van der Waals surface area contributed by atoms with Crippen molar-refractivity contribution in [2.24, 2.45) is 0 Å². The Labute approximate surface area is 102 Å². The second-order valence-electron chi connectivity index (χ2n) is 4.85. The molecule has 2 heteroatoms. The third-order valence-corrected chi connectivity index (χ3v) is 3.17. The highest BCUT2D eigenvalue weighted by atomic mass is 16.5. The van der Waals surface area contributed by atoms with Gasteiger partial charge in [-0.15, -0.1) is 0 Å². The van der Waals surface area contributed by atoms with Gasteiger partial charge in [-0.25, -0.2) is 0 Å².